The van der Waals surface area contributed by atoms with Crippen molar-refractivity contribution in [1.82, 2.24) is 15.5 Å². The fourth-order valence-corrected chi connectivity index (χ4v) is 2.21. The molecule has 0 fully saturated rings. The number of benzene rings is 1. The fourth-order valence-electron chi connectivity index (χ4n) is 2.21. The molecule has 112 valence electrons. The third-order valence-electron chi connectivity index (χ3n) is 3.24. The van der Waals surface area contributed by atoms with Crippen LogP contribution in [0, 0.1) is 19.8 Å². The number of aryl methyl sites for hydroxylation is 2. The number of nitrogens with zero attached hydrogens (tertiary/aromatic N) is 2. The Labute approximate surface area is 124 Å². The molecule has 0 bridgehead atoms. The van der Waals surface area contributed by atoms with Gasteiger partial charge in [0.1, 0.15) is 6.04 Å². The molecule has 0 saturated carbocycles. The van der Waals surface area contributed by atoms with Gasteiger partial charge in [0.05, 0.1) is 0 Å². The Kier molecular flexibility index (Phi) is 4.73. The molecule has 1 aromatic heterocycles. The largest absolute Gasteiger partial charge is 0.423 e. The van der Waals surface area contributed by atoms with Crippen LogP contribution >= 0.6 is 0 Å². The van der Waals surface area contributed by atoms with Crippen LogP contribution in [0.25, 0.3) is 0 Å². The van der Waals surface area contributed by atoms with Gasteiger partial charge in [-0.05, 0) is 30.9 Å². The molecule has 1 N–H and O–H groups in total. The summed E-state index contributed by atoms with van der Waals surface area (Å²) in [4.78, 5) is 12.4. The molecule has 1 amide bonds. The van der Waals surface area contributed by atoms with Gasteiger partial charge in [-0.15, -0.1) is 10.2 Å². The average Bonchev–Trinajstić information content (AvgIpc) is 2.84. The van der Waals surface area contributed by atoms with E-state index in [1.165, 1.54) is 0 Å². The maximum Gasteiger partial charge on any atom is 0.252 e. The number of amides is 1. The van der Waals surface area contributed by atoms with E-state index in [1.807, 2.05) is 31.2 Å². The van der Waals surface area contributed by atoms with E-state index in [-0.39, 0.29) is 11.9 Å². The van der Waals surface area contributed by atoms with Crippen molar-refractivity contribution >= 4 is 5.91 Å². The Morgan fingerprint density at radius 3 is 2.52 bits per heavy atom. The van der Waals surface area contributed by atoms with Crippen molar-refractivity contribution in [2.45, 2.75) is 40.2 Å². The molecule has 1 heterocycles. The zero-order chi connectivity index (χ0) is 15.4. The number of rotatable bonds is 5. The zero-order valence-electron chi connectivity index (χ0n) is 12.9. The second-order valence-electron chi connectivity index (χ2n) is 5.63. The van der Waals surface area contributed by atoms with E-state index in [9.17, 15) is 4.79 Å². The summed E-state index contributed by atoms with van der Waals surface area (Å²) in [5.74, 6) is 1.25. The van der Waals surface area contributed by atoms with Gasteiger partial charge < -0.3 is 9.73 Å². The molecule has 21 heavy (non-hydrogen) atoms. The highest BCUT2D eigenvalue weighted by atomic mass is 16.4. The monoisotopic (exact) mass is 287 g/mol. The molecule has 2 aromatic rings. The van der Waals surface area contributed by atoms with Crippen LogP contribution in [0.4, 0.5) is 0 Å². The van der Waals surface area contributed by atoms with Crippen LogP contribution in [0.1, 0.15) is 54.0 Å². The lowest BCUT2D eigenvalue weighted by Gasteiger charge is -2.17. The normalized spacial score (nSPS) is 12.4. The third-order valence-corrected chi connectivity index (χ3v) is 3.24. The lowest BCUT2D eigenvalue weighted by Crippen LogP contribution is -2.30. The second kappa shape index (κ2) is 6.52. The zero-order valence-corrected chi connectivity index (χ0v) is 12.9. The molecule has 1 aromatic carbocycles. The lowest BCUT2D eigenvalue weighted by molar-refractivity contribution is 0.0923. The predicted molar refractivity (Wildman–Crippen MR) is 79.9 cm³/mol. The summed E-state index contributed by atoms with van der Waals surface area (Å²) in [7, 11) is 0. The van der Waals surface area contributed by atoms with E-state index in [0.717, 1.165) is 12.0 Å². The van der Waals surface area contributed by atoms with Crippen molar-refractivity contribution in [3.63, 3.8) is 0 Å². The first-order valence-electron chi connectivity index (χ1n) is 7.14. The molecule has 2 rings (SSSR count). The quantitative estimate of drug-likeness (QED) is 0.917. The topological polar surface area (TPSA) is 68.0 Å². The number of hydrogen-bond acceptors (Lipinski definition) is 4. The Hall–Kier alpha value is -2.17. The number of carbonyl (C=O) groups excluding carboxylic acids is 1. The molecule has 0 radical (unpaired) electrons. The lowest BCUT2D eigenvalue weighted by atomic mass is 10.0. The van der Waals surface area contributed by atoms with Gasteiger partial charge in [0, 0.05) is 12.5 Å². The Bertz CT molecular complexity index is 619. The second-order valence-corrected chi connectivity index (χ2v) is 5.63. The number of hydrogen-bond donors (Lipinski definition) is 1. The van der Waals surface area contributed by atoms with Crippen molar-refractivity contribution < 1.29 is 9.21 Å². The van der Waals surface area contributed by atoms with Crippen molar-refractivity contribution in [2.24, 2.45) is 5.92 Å². The average molecular weight is 287 g/mol. The van der Waals surface area contributed by atoms with Crippen molar-refractivity contribution in [1.29, 1.82) is 0 Å². The van der Waals surface area contributed by atoms with E-state index in [4.69, 9.17) is 4.42 Å². The Morgan fingerprint density at radius 1 is 1.24 bits per heavy atom. The van der Waals surface area contributed by atoms with Crippen molar-refractivity contribution in [3.05, 3.63) is 47.2 Å². The molecule has 0 aliphatic carbocycles. The van der Waals surface area contributed by atoms with Crippen LogP contribution in [0.3, 0.4) is 0 Å². The summed E-state index contributed by atoms with van der Waals surface area (Å²) in [5.41, 5.74) is 1.61. The Morgan fingerprint density at radius 2 is 1.95 bits per heavy atom. The third kappa shape index (κ3) is 3.90. The number of nitrogens with one attached hydrogen (secondary N) is 1. The number of carbonyl (C=O) groups is 1. The van der Waals surface area contributed by atoms with Crippen molar-refractivity contribution in [3.8, 4) is 0 Å². The van der Waals surface area contributed by atoms with Crippen LogP contribution in [-0.4, -0.2) is 16.1 Å². The molecule has 0 aliphatic rings. The molecule has 0 saturated heterocycles. The molecule has 1 unspecified atom stereocenters. The summed E-state index contributed by atoms with van der Waals surface area (Å²) in [6.45, 7) is 7.85. The first-order valence-corrected chi connectivity index (χ1v) is 7.14. The van der Waals surface area contributed by atoms with E-state index < -0.39 is 0 Å². The summed E-state index contributed by atoms with van der Waals surface area (Å²) in [5, 5.41) is 10.9. The molecular weight excluding hydrogens is 266 g/mol. The van der Waals surface area contributed by atoms with Gasteiger partial charge in [-0.3, -0.25) is 4.79 Å². The molecular formula is C16H21N3O2. The maximum atomic E-state index is 12.4. The van der Waals surface area contributed by atoms with Gasteiger partial charge in [-0.1, -0.05) is 32.0 Å². The first kappa shape index (κ1) is 15.2. The molecule has 0 aliphatic heterocycles. The summed E-state index contributed by atoms with van der Waals surface area (Å²) in [6.07, 6.45) is 0.749. The van der Waals surface area contributed by atoms with Gasteiger partial charge in [0.25, 0.3) is 5.91 Å². The summed E-state index contributed by atoms with van der Waals surface area (Å²) >= 11 is 0. The highest BCUT2D eigenvalue weighted by Gasteiger charge is 2.22. The van der Waals surface area contributed by atoms with Crippen LogP contribution in [-0.2, 0) is 0 Å². The fraction of sp³-hybridized carbons (Fsp3) is 0.438. The standard InChI is InChI=1S/C16H21N3O2/c1-10(2)9-14(16-19-18-12(4)21-16)17-15(20)13-8-6-5-7-11(13)3/h5-8,10,14H,9H2,1-4H3,(H,17,20). The van der Waals surface area contributed by atoms with Gasteiger partial charge in [-0.25, -0.2) is 0 Å². The first-order chi connectivity index (χ1) is 9.97. The highest BCUT2D eigenvalue weighted by molar-refractivity contribution is 5.95. The smallest absolute Gasteiger partial charge is 0.252 e. The van der Waals surface area contributed by atoms with E-state index in [2.05, 4.69) is 29.4 Å². The van der Waals surface area contributed by atoms with Gasteiger partial charge in [-0.2, -0.15) is 0 Å². The van der Waals surface area contributed by atoms with Crippen molar-refractivity contribution in [2.75, 3.05) is 0 Å². The highest BCUT2D eigenvalue weighted by Crippen LogP contribution is 2.21. The van der Waals surface area contributed by atoms with Gasteiger partial charge in [0.2, 0.25) is 11.8 Å². The molecule has 1 atom stereocenters. The molecule has 5 nitrogen and oxygen atoms in total. The van der Waals surface area contributed by atoms with Crippen LogP contribution < -0.4 is 5.32 Å². The summed E-state index contributed by atoms with van der Waals surface area (Å²) < 4.78 is 5.48. The number of aromatic nitrogens is 2. The maximum absolute atomic E-state index is 12.4. The van der Waals surface area contributed by atoms with Crippen LogP contribution in [0.5, 0.6) is 0 Å². The minimum absolute atomic E-state index is 0.116. The minimum Gasteiger partial charge on any atom is -0.423 e. The van der Waals surface area contributed by atoms with Gasteiger partial charge >= 0.3 is 0 Å². The molecule has 5 heteroatoms. The predicted octanol–water partition coefficient (Wildman–Crippen LogP) is 3.20. The molecule has 0 spiro atoms. The van der Waals surface area contributed by atoms with E-state index >= 15 is 0 Å². The minimum atomic E-state index is -0.265. The SMILES string of the molecule is Cc1nnc(C(CC(C)C)NC(=O)c2ccccc2C)o1. The van der Waals surface area contributed by atoms with Gasteiger partial charge in [0.15, 0.2) is 0 Å². The summed E-state index contributed by atoms with van der Waals surface area (Å²) in [6, 6.07) is 7.24. The van der Waals surface area contributed by atoms with E-state index in [1.54, 1.807) is 6.92 Å². The van der Waals surface area contributed by atoms with E-state index in [0.29, 0.717) is 23.3 Å². The van der Waals surface area contributed by atoms with Crippen LogP contribution in [0.15, 0.2) is 28.7 Å². The Balaban J connectivity index is 2.19. The van der Waals surface area contributed by atoms with Crippen LogP contribution in [0.2, 0.25) is 0 Å².